The summed E-state index contributed by atoms with van der Waals surface area (Å²) in [6.07, 6.45) is -3.29. The lowest BCUT2D eigenvalue weighted by Crippen LogP contribution is -2.17. The molecule has 0 aliphatic rings. The van der Waals surface area contributed by atoms with Crippen LogP contribution < -0.4 is 4.72 Å². The van der Waals surface area contributed by atoms with E-state index in [2.05, 4.69) is 14.8 Å². The predicted octanol–water partition coefficient (Wildman–Crippen LogP) is 4.66. The lowest BCUT2D eigenvalue weighted by Gasteiger charge is -2.14. The number of halogens is 6. The van der Waals surface area contributed by atoms with Crippen molar-refractivity contribution in [1.29, 1.82) is 5.26 Å². The summed E-state index contributed by atoms with van der Waals surface area (Å²) in [6.45, 7) is 0. The van der Waals surface area contributed by atoms with Gasteiger partial charge in [-0.1, -0.05) is 23.2 Å². The van der Waals surface area contributed by atoms with Crippen molar-refractivity contribution >= 4 is 62.7 Å². The van der Waals surface area contributed by atoms with Crippen molar-refractivity contribution in [3.63, 3.8) is 0 Å². The predicted molar refractivity (Wildman–Crippen MR) is 118 cm³/mol. The molecule has 0 saturated heterocycles. The third-order valence-electron chi connectivity index (χ3n) is 3.74. The molecule has 0 saturated carbocycles. The largest absolute Gasteiger partial charge is 0.416 e. The Balaban J connectivity index is 2.77. The minimum absolute atomic E-state index is 0.0910. The normalized spacial score (nSPS) is 12.2. The van der Waals surface area contributed by atoms with Gasteiger partial charge in [0.05, 0.1) is 27.7 Å². The summed E-state index contributed by atoms with van der Waals surface area (Å²) in [5.41, 5.74) is -1.98. The second-order valence-electron chi connectivity index (χ2n) is 6.53. The third kappa shape index (κ3) is 6.19. The lowest BCUT2D eigenvalue weighted by molar-refractivity contribution is -0.137. The van der Waals surface area contributed by atoms with Gasteiger partial charge in [-0.3, -0.25) is 4.72 Å². The van der Waals surface area contributed by atoms with E-state index in [1.54, 1.807) is 20.2 Å². The van der Waals surface area contributed by atoms with Crippen molar-refractivity contribution in [2.24, 2.45) is 4.99 Å². The van der Waals surface area contributed by atoms with Crippen LogP contribution in [0.15, 0.2) is 17.1 Å². The van der Waals surface area contributed by atoms with Gasteiger partial charge in [0.15, 0.2) is 11.5 Å². The highest BCUT2D eigenvalue weighted by atomic mass is 35.5. The van der Waals surface area contributed by atoms with Crippen LogP contribution in [0.4, 0.5) is 24.7 Å². The van der Waals surface area contributed by atoms with Crippen molar-refractivity contribution in [2.45, 2.75) is 12.6 Å². The zero-order chi connectivity index (χ0) is 24.3. The molecule has 1 heterocycles. The molecule has 2 aromatic rings. The second kappa shape index (κ2) is 10.2. The van der Waals surface area contributed by atoms with E-state index in [9.17, 15) is 26.9 Å². The van der Waals surface area contributed by atoms with Gasteiger partial charge in [-0.15, -0.1) is 11.6 Å². The average molecular weight is 532 g/mol. The maximum Gasteiger partial charge on any atom is 0.416 e. The quantitative estimate of drug-likeness (QED) is 0.303. The van der Waals surface area contributed by atoms with E-state index in [0.29, 0.717) is 12.1 Å². The standard InChI is InChI=1S/C17H16Cl3F3N6O2S/c1-28(2)9-25-16-14(27-32(30,31)5-3-4-18)13(8-24)26-29(16)15-11(19)6-10(7-12(15)20)17(21,22)23/h6-7,9,27H,3-5H2,1-2H3/b25-9+. The van der Waals surface area contributed by atoms with Gasteiger partial charge >= 0.3 is 6.18 Å². The SMILES string of the molecule is CN(C)/C=N/c1c(NS(=O)(=O)CCCCl)c(C#N)nn1-c1c(Cl)cc(C(F)(F)F)cc1Cl. The first-order chi connectivity index (χ1) is 14.8. The zero-order valence-corrected chi connectivity index (χ0v) is 19.7. The van der Waals surface area contributed by atoms with Gasteiger partial charge in [-0.05, 0) is 18.6 Å². The van der Waals surface area contributed by atoms with Crippen LogP contribution >= 0.6 is 34.8 Å². The molecule has 0 radical (unpaired) electrons. The minimum Gasteiger partial charge on any atom is -0.369 e. The molecule has 0 aliphatic heterocycles. The first kappa shape index (κ1) is 26.1. The Hall–Kier alpha value is -2.20. The van der Waals surface area contributed by atoms with Crippen LogP contribution in [0.25, 0.3) is 5.69 Å². The molecule has 0 spiro atoms. The highest BCUT2D eigenvalue weighted by Crippen LogP contribution is 2.41. The van der Waals surface area contributed by atoms with E-state index >= 15 is 0 Å². The van der Waals surface area contributed by atoms with Crippen molar-refractivity contribution in [1.82, 2.24) is 14.7 Å². The molecule has 0 aliphatic carbocycles. The monoisotopic (exact) mass is 530 g/mol. The van der Waals surface area contributed by atoms with Crippen LogP contribution in [0.2, 0.25) is 10.0 Å². The summed E-state index contributed by atoms with van der Waals surface area (Å²) in [5.74, 6) is -0.466. The average Bonchev–Trinajstić information content (AvgIpc) is 2.99. The van der Waals surface area contributed by atoms with Crippen molar-refractivity contribution in [3.05, 3.63) is 33.4 Å². The van der Waals surface area contributed by atoms with Crippen LogP contribution in [0.3, 0.4) is 0 Å². The number of aliphatic imine (C=N–C) groups is 1. The Bertz CT molecular complexity index is 1150. The Morgan fingerprint density at radius 1 is 1.31 bits per heavy atom. The number of hydrogen-bond donors (Lipinski definition) is 1. The zero-order valence-electron chi connectivity index (χ0n) is 16.6. The minimum atomic E-state index is -4.71. The van der Waals surface area contributed by atoms with E-state index < -0.39 is 37.5 Å². The van der Waals surface area contributed by atoms with Crippen LogP contribution in [0, 0.1) is 11.3 Å². The molecule has 0 atom stereocenters. The molecular formula is C17H16Cl3F3N6O2S. The van der Waals surface area contributed by atoms with Gasteiger partial charge in [0.25, 0.3) is 0 Å². The third-order valence-corrected chi connectivity index (χ3v) is 5.92. The Morgan fingerprint density at radius 3 is 2.38 bits per heavy atom. The molecule has 0 fully saturated rings. The highest BCUT2D eigenvalue weighted by molar-refractivity contribution is 7.92. The first-order valence-corrected chi connectivity index (χ1v) is 11.6. The molecule has 2 rings (SSSR count). The fraction of sp³-hybridized carbons (Fsp3) is 0.353. The van der Waals surface area contributed by atoms with E-state index in [1.165, 1.54) is 11.2 Å². The number of sulfonamides is 1. The molecule has 1 N–H and O–H groups in total. The number of benzene rings is 1. The van der Waals surface area contributed by atoms with Gasteiger partial charge in [0.1, 0.15) is 17.4 Å². The Morgan fingerprint density at radius 2 is 1.91 bits per heavy atom. The van der Waals surface area contributed by atoms with Gasteiger partial charge in [0, 0.05) is 20.0 Å². The maximum absolute atomic E-state index is 13.1. The highest BCUT2D eigenvalue weighted by Gasteiger charge is 2.33. The Kier molecular flexibility index (Phi) is 8.27. The number of alkyl halides is 4. The number of nitriles is 1. The lowest BCUT2D eigenvalue weighted by atomic mass is 10.2. The van der Waals surface area contributed by atoms with E-state index in [1.807, 2.05) is 0 Å². The summed E-state index contributed by atoms with van der Waals surface area (Å²) in [4.78, 5) is 5.63. The summed E-state index contributed by atoms with van der Waals surface area (Å²) in [5, 5.41) is 12.6. The molecule has 1 aromatic carbocycles. The number of hydrogen-bond acceptors (Lipinski definition) is 5. The van der Waals surface area contributed by atoms with Crippen LogP contribution in [0.5, 0.6) is 0 Å². The summed E-state index contributed by atoms with van der Waals surface area (Å²) in [7, 11) is -0.701. The fourth-order valence-electron chi connectivity index (χ4n) is 2.41. The fourth-order valence-corrected chi connectivity index (χ4v) is 4.47. The number of nitrogens with one attached hydrogen (secondary N) is 1. The molecule has 15 heteroatoms. The Labute approximate surface area is 197 Å². The number of nitrogens with zero attached hydrogens (tertiary/aromatic N) is 5. The number of rotatable bonds is 8. The number of anilines is 1. The van der Waals surface area contributed by atoms with Gasteiger partial charge in [-0.2, -0.15) is 23.5 Å². The topological polar surface area (TPSA) is 103 Å². The van der Waals surface area contributed by atoms with E-state index in [-0.39, 0.29) is 35.2 Å². The van der Waals surface area contributed by atoms with E-state index in [0.717, 1.165) is 4.68 Å². The maximum atomic E-state index is 13.1. The molecule has 32 heavy (non-hydrogen) atoms. The van der Waals surface area contributed by atoms with Gasteiger partial charge in [0.2, 0.25) is 10.0 Å². The van der Waals surface area contributed by atoms with Crippen LogP contribution in [-0.2, 0) is 16.2 Å². The molecule has 0 amide bonds. The van der Waals surface area contributed by atoms with Gasteiger partial charge in [-0.25, -0.2) is 18.1 Å². The molecular weight excluding hydrogens is 516 g/mol. The van der Waals surface area contributed by atoms with Crippen molar-refractivity contribution < 1.29 is 21.6 Å². The molecule has 8 nitrogen and oxygen atoms in total. The number of aromatic nitrogens is 2. The van der Waals surface area contributed by atoms with E-state index in [4.69, 9.17) is 34.8 Å². The van der Waals surface area contributed by atoms with Crippen LogP contribution in [-0.4, -0.2) is 55.2 Å². The van der Waals surface area contributed by atoms with Crippen molar-refractivity contribution in [3.8, 4) is 11.8 Å². The first-order valence-electron chi connectivity index (χ1n) is 8.67. The molecule has 174 valence electrons. The summed E-state index contributed by atoms with van der Waals surface area (Å²) < 4.78 is 67.2. The van der Waals surface area contributed by atoms with Crippen LogP contribution in [0.1, 0.15) is 17.7 Å². The summed E-state index contributed by atoms with van der Waals surface area (Å²) in [6, 6.07) is 3.01. The molecule has 0 bridgehead atoms. The second-order valence-corrected chi connectivity index (χ2v) is 9.56. The van der Waals surface area contributed by atoms with Crippen molar-refractivity contribution in [2.75, 3.05) is 30.5 Å². The molecule has 1 aromatic heterocycles. The smallest absolute Gasteiger partial charge is 0.369 e. The molecule has 0 unspecified atom stereocenters. The summed E-state index contributed by atoms with van der Waals surface area (Å²) >= 11 is 17.7. The van der Waals surface area contributed by atoms with Gasteiger partial charge < -0.3 is 4.90 Å².